The number of benzene rings is 1. The van der Waals surface area contributed by atoms with Crippen molar-refractivity contribution in [3.8, 4) is 11.1 Å². The highest BCUT2D eigenvalue weighted by atomic mass is 16.3. The molecule has 1 aliphatic rings. The van der Waals surface area contributed by atoms with Crippen molar-refractivity contribution in [3.63, 3.8) is 0 Å². The van der Waals surface area contributed by atoms with Gasteiger partial charge in [-0.1, -0.05) is 24.6 Å². The zero-order valence-corrected chi connectivity index (χ0v) is 13.2. The lowest BCUT2D eigenvalue weighted by molar-refractivity contribution is 0.0317. The molecule has 1 aromatic carbocycles. The van der Waals surface area contributed by atoms with E-state index in [1.807, 2.05) is 31.5 Å². The lowest BCUT2D eigenvalue weighted by atomic mass is 9.97. The molecule has 22 heavy (non-hydrogen) atoms. The second-order valence-electron chi connectivity index (χ2n) is 6.21. The van der Waals surface area contributed by atoms with Crippen molar-refractivity contribution in [2.75, 3.05) is 6.54 Å². The summed E-state index contributed by atoms with van der Waals surface area (Å²) in [6.07, 6.45) is 6.95. The molecule has 1 fully saturated rings. The summed E-state index contributed by atoms with van der Waals surface area (Å²) in [5.74, 6) is 0. The molecule has 0 amide bonds. The zero-order chi connectivity index (χ0) is 15.4. The molecule has 0 radical (unpaired) electrons. The van der Waals surface area contributed by atoms with Gasteiger partial charge in [-0.2, -0.15) is 0 Å². The van der Waals surface area contributed by atoms with Crippen molar-refractivity contribution < 1.29 is 5.11 Å². The van der Waals surface area contributed by atoms with E-state index in [9.17, 15) is 5.11 Å². The summed E-state index contributed by atoms with van der Waals surface area (Å²) in [6, 6.07) is 13.1. The third-order valence-electron chi connectivity index (χ3n) is 4.55. The number of hydrogen-bond acceptors (Lipinski definition) is 3. The van der Waals surface area contributed by atoms with E-state index in [0.29, 0.717) is 6.04 Å². The fourth-order valence-electron chi connectivity index (χ4n) is 3.39. The molecule has 116 valence electrons. The van der Waals surface area contributed by atoms with E-state index in [1.54, 1.807) is 0 Å². The van der Waals surface area contributed by atoms with Gasteiger partial charge in [-0.25, -0.2) is 0 Å². The van der Waals surface area contributed by atoms with E-state index >= 15 is 0 Å². The van der Waals surface area contributed by atoms with Gasteiger partial charge in [-0.3, -0.25) is 9.88 Å². The molecule has 1 saturated heterocycles. The van der Waals surface area contributed by atoms with Gasteiger partial charge in [0.1, 0.15) is 0 Å². The Morgan fingerprint density at radius 3 is 2.77 bits per heavy atom. The van der Waals surface area contributed by atoms with Crippen molar-refractivity contribution in [3.05, 3.63) is 54.4 Å². The van der Waals surface area contributed by atoms with Gasteiger partial charge in [-0.05, 0) is 61.2 Å². The van der Waals surface area contributed by atoms with Gasteiger partial charge in [0.25, 0.3) is 0 Å². The average molecular weight is 296 g/mol. The SMILES string of the molecule is CC(O)C1CCCCN1Cc1cccc(-c2ccncc2)c1. The summed E-state index contributed by atoms with van der Waals surface area (Å²) in [7, 11) is 0. The van der Waals surface area contributed by atoms with Crippen molar-refractivity contribution in [1.82, 2.24) is 9.88 Å². The first-order chi connectivity index (χ1) is 10.7. The van der Waals surface area contributed by atoms with Crippen LogP contribution >= 0.6 is 0 Å². The monoisotopic (exact) mass is 296 g/mol. The maximum absolute atomic E-state index is 10.0. The first-order valence-corrected chi connectivity index (χ1v) is 8.15. The van der Waals surface area contributed by atoms with Crippen molar-refractivity contribution in [1.29, 1.82) is 0 Å². The van der Waals surface area contributed by atoms with Crippen LogP contribution in [0.3, 0.4) is 0 Å². The molecule has 3 nitrogen and oxygen atoms in total. The third kappa shape index (κ3) is 3.54. The molecule has 1 N–H and O–H groups in total. The van der Waals surface area contributed by atoms with Gasteiger partial charge >= 0.3 is 0 Å². The molecule has 2 atom stereocenters. The molecule has 2 aromatic rings. The quantitative estimate of drug-likeness (QED) is 0.938. The Labute approximate surface area is 132 Å². The fourth-order valence-corrected chi connectivity index (χ4v) is 3.39. The lowest BCUT2D eigenvalue weighted by Crippen LogP contribution is -2.45. The number of likely N-dealkylation sites (tertiary alicyclic amines) is 1. The number of aliphatic hydroxyl groups excluding tert-OH is 1. The van der Waals surface area contributed by atoms with Gasteiger partial charge < -0.3 is 5.11 Å². The minimum atomic E-state index is -0.260. The van der Waals surface area contributed by atoms with Gasteiger partial charge in [-0.15, -0.1) is 0 Å². The second-order valence-corrected chi connectivity index (χ2v) is 6.21. The van der Waals surface area contributed by atoms with Crippen LogP contribution in [0.15, 0.2) is 48.8 Å². The van der Waals surface area contributed by atoms with E-state index in [-0.39, 0.29) is 6.10 Å². The van der Waals surface area contributed by atoms with E-state index in [4.69, 9.17) is 0 Å². The van der Waals surface area contributed by atoms with Crippen molar-refractivity contribution in [2.45, 2.75) is 44.9 Å². The molecule has 1 aliphatic heterocycles. The lowest BCUT2D eigenvalue weighted by Gasteiger charge is -2.37. The number of aliphatic hydroxyl groups is 1. The molecule has 0 saturated carbocycles. The van der Waals surface area contributed by atoms with Crippen LogP contribution in [-0.2, 0) is 6.54 Å². The minimum absolute atomic E-state index is 0.260. The minimum Gasteiger partial charge on any atom is -0.392 e. The Bertz CT molecular complexity index is 597. The Balaban J connectivity index is 1.78. The Kier molecular flexibility index (Phi) is 4.86. The second kappa shape index (κ2) is 7.03. The summed E-state index contributed by atoms with van der Waals surface area (Å²) in [4.78, 5) is 6.51. The number of rotatable bonds is 4. The topological polar surface area (TPSA) is 36.4 Å². The van der Waals surface area contributed by atoms with E-state index in [1.165, 1.54) is 29.5 Å². The molecular formula is C19H24N2O. The normalized spacial score (nSPS) is 20.7. The standard InChI is InChI=1S/C19H24N2O/c1-15(22)19-7-2-3-12-21(19)14-16-5-4-6-18(13-16)17-8-10-20-11-9-17/h4-6,8-11,13,15,19,22H,2-3,7,12,14H2,1H3. The maximum atomic E-state index is 10.0. The Morgan fingerprint density at radius 1 is 1.18 bits per heavy atom. The highest BCUT2D eigenvalue weighted by Crippen LogP contribution is 2.24. The van der Waals surface area contributed by atoms with Crippen LogP contribution in [-0.4, -0.2) is 33.7 Å². The molecule has 2 unspecified atom stereocenters. The van der Waals surface area contributed by atoms with E-state index in [0.717, 1.165) is 19.5 Å². The van der Waals surface area contributed by atoms with Crippen LogP contribution in [0, 0.1) is 0 Å². The average Bonchev–Trinajstić information content (AvgIpc) is 2.56. The summed E-state index contributed by atoms with van der Waals surface area (Å²) < 4.78 is 0. The van der Waals surface area contributed by atoms with Crippen LogP contribution in [0.4, 0.5) is 0 Å². The van der Waals surface area contributed by atoms with Crippen LogP contribution in [0.5, 0.6) is 0 Å². The third-order valence-corrected chi connectivity index (χ3v) is 4.55. The molecular weight excluding hydrogens is 272 g/mol. The number of pyridine rings is 1. The summed E-state index contributed by atoms with van der Waals surface area (Å²) in [5.41, 5.74) is 3.73. The zero-order valence-electron chi connectivity index (χ0n) is 13.2. The number of aromatic nitrogens is 1. The van der Waals surface area contributed by atoms with Crippen LogP contribution < -0.4 is 0 Å². The van der Waals surface area contributed by atoms with E-state index in [2.05, 4.69) is 34.1 Å². The Morgan fingerprint density at radius 2 is 2.00 bits per heavy atom. The molecule has 0 spiro atoms. The molecule has 1 aromatic heterocycles. The highest BCUT2D eigenvalue weighted by molar-refractivity contribution is 5.63. The van der Waals surface area contributed by atoms with Gasteiger partial charge in [0.15, 0.2) is 0 Å². The molecule has 2 heterocycles. The van der Waals surface area contributed by atoms with E-state index < -0.39 is 0 Å². The van der Waals surface area contributed by atoms with Gasteiger partial charge in [0.05, 0.1) is 6.10 Å². The summed E-state index contributed by atoms with van der Waals surface area (Å²) >= 11 is 0. The molecule has 0 aliphatic carbocycles. The van der Waals surface area contributed by atoms with Crippen molar-refractivity contribution >= 4 is 0 Å². The predicted molar refractivity (Wildman–Crippen MR) is 89.4 cm³/mol. The smallest absolute Gasteiger partial charge is 0.0667 e. The maximum Gasteiger partial charge on any atom is 0.0667 e. The van der Waals surface area contributed by atoms with Crippen LogP contribution in [0.25, 0.3) is 11.1 Å². The number of piperidine rings is 1. The first kappa shape index (κ1) is 15.2. The first-order valence-electron chi connectivity index (χ1n) is 8.15. The summed E-state index contributed by atoms with van der Waals surface area (Å²) in [5, 5.41) is 10.0. The fraction of sp³-hybridized carbons (Fsp3) is 0.421. The Hall–Kier alpha value is -1.71. The number of nitrogens with zero attached hydrogens (tertiary/aromatic N) is 2. The van der Waals surface area contributed by atoms with Crippen molar-refractivity contribution in [2.24, 2.45) is 0 Å². The predicted octanol–water partition coefficient (Wildman–Crippen LogP) is 3.48. The highest BCUT2D eigenvalue weighted by Gasteiger charge is 2.26. The molecule has 3 rings (SSSR count). The van der Waals surface area contributed by atoms with Gasteiger partial charge in [0.2, 0.25) is 0 Å². The molecule has 0 bridgehead atoms. The molecule has 3 heteroatoms. The summed E-state index contributed by atoms with van der Waals surface area (Å²) in [6.45, 7) is 3.90. The number of hydrogen-bond donors (Lipinski definition) is 1. The van der Waals surface area contributed by atoms with Crippen LogP contribution in [0.1, 0.15) is 31.7 Å². The largest absolute Gasteiger partial charge is 0.392 e. The van der Waals surface area contributed by atoms with Gasteiger partial charge in [0, 0.05) is 25.0 Å². The van der Waals surface area contributed by atoms with Crippen LogP contribution in [0.2, 0.25) is 0 Å².